The first-order chi connectivity index (χ1) is 12.6. The van der Waals surface area contributed by atoms with Crippen LogP contribution in [0.15, 0.2) is 36.4 Å². The lowest BCUT2D eigenvalue weighted by Gasteiger charge is -2.06. The lowest BCUT2D eigenvalue weighted by Crippen LogP contribution is -2.25. The van der Waals surface area contributed by atoms with Gasteiger partial charge in [0.05, 0.1) is 23.5 Å². The molecule has 0 aliphatic rings. The van der Waals surface area contributed by atoms with Gasteiger partial charge in [-0.1, -0.05) is 12.1 Å². The van der Waals surface area contributed by atoms with Crippen molar-refractivity contribution < 1.29 is 9.53 Å². The first kappa shape index (κ1) is 18.0. The van der Waals surface area contributed by atoms with Gasteiger partial charge in [0.1, 0.15) is 0 Å². The number of carbonyl (C=O) groups excluding carboxylic acids is 1. The summed E-state index contributed by atoms with van der Waals surface area (Å²) in [5.41, 5.74) is 3.17. The van der Waals surface area contributed by atoms with E-state index in [2.05, 4.69) is 27.4 Å². The monoisotopic (exact) mass is 368 g/mol. The van der Waals surface area contributed by atoms with Gasteiger partial charge in [0.15, 0.2) is 0 Å². The van der Waals surface area contributed by atoms with Gasteiger partial charge in [-0.05, 0) is 32.0 Å². The minimum Gasteiger partial charge on any atom is -0.480 e. The fourth-order valence-corrected chi connectivity index (χ4v) is 3.37. The van der Waals surface area contributed by atoms with Gasteiger partial charge < -0.3 is 10.1 Å². The molecule has 0 aliphatic carbocycles. The van der Waals surface area contributed by atoms with Gasteiger partial charge in [-0.25, -0.2) is 4.98 Å². The zero-order chi connectivity index (χ0) is 18.5. The van der Waals surface area contributed by atoms with Crippen LogP contribution >= 0.6 is 11.3 Å². The Bertz CT molecular complexity index is 887. The van der Waals surface area contributed by atoms with E-state index in [1.165, 1.54) is 4.88 Å². The molecule has 0 bridgehead atoms. The molecule has 0 radical (unpaired) electrons. The van der Waals surface area contributed by atoms with Crippen LogP contribution in [-0.4, -0.2) is 34.7 Å². The molecule has 0 fully saturated rings. The zero-order valence-corrected chi connectivity index (χ0v) is 15.8. The predicted molar refractivity (Wildman–Crippen MR) is 102 cm³/mol. The third kappa shape index (κ3) is 4.23. The Hall–Kier alpha value is -2.80. The number of nitrogens with one attached hydrogen (secondary N) is 1. The van der Waals surface area contributed by atoms with E-state index in [1.807, 2.05) is 31.2 Å². The maximum atomic E-state index is 12.4. The second-order valence-corrected chi connectivity index (χ2v) is 7.08. The average Bonchev–Trinajstić information content (AvgIpc) is 2.99. The van der Waals surface area contributed by atoms with E-state index in [9.17, 15) is 4.79 Å². The molecule has 0 atom stereocenters. The lowest BCUT2D eigenvalue weighted by atomic mass is 10.1. The highest BCUT2D eigenvalue weighted by atomic mass is 32.1. The van der Waals surface area contributed by atoms with Gasteiger partial charge in [0.2, 0.25) is 5.88 Å². The molecule has 1 aromatic carbocycles. The van der Waals surface area contributed by atoms with Crippen LogP contribution in [0, 0.1) is 13.8 Å². The molecule has 0 spiro atoms. The van der Waals surface area contributed by atoms with Crippen molar-refractivity contribution in [3.63, 3.8) is 0 Å². The number of rotatable bonds is 6. The highest BCUT2D eigenvalue weighted by molar-refractivity contribution is 7.11. The smallest absolute Gasteiger partial charge is 0.251 e. The Balaban J connectivity index is 1.63. The molecular weight excluding hydrogens is 348 g/mol. The molecule has 3 aromatic rings. The normalized spacial score (nSPS) is 10.6. The summed E-state index contributed by atoms with van der Waals surface area (Å²) in [6.07, 6.45) is 0.731. The number of hydrogen-bond acceptors (Lipinski definition) is 6. The topological polar surface area (TPSA) is 77.0 Å². The van der Waals surface area contributed by atoms with Gasteiger partial charge in [-0.3, -0.25) is 4.79 Å². The van der Waals surface area contributed by atoms with Crippen molar-refractivity contribution in [2.75, 3.05) is 13.7 Å². The molecule has 2 heterocycles. The van der Waals surface area contributed by atoms with Gasteiger partial charge in [-0.2, -0.15) is 0 Å². The highest BCUT2D eigenvalue weighted by Gasteiger charge is 2.09. The van der Waals surface area contributed by atoms with Crippen LogP contribution in [0.4, 0.5) is 0 Å². The summed E-state index contributed by atoms with van der Waals surface area (Å²) in [5, 5.41) is 12.1. The highest BCUT2D eigenvalue weighted by Crippen LogP contribution is 2.19. The summed E-state index contributed by atoms with van der Waals surface area (Å²) < 4.78 is 5.01. The molecule has 134 valence electrons. The molecule has 7 heteroatoms. The molecule has 1 amide bonds. The number of benzene rings is 1. The fourth-order valence-electron chi connectivity index (χ4n) is 2.43. The van der Waals surface area contributed by atoms with Crippen molar-refractivity contribution in [3.8, 4) is 17.1 Å². The summed E-state index contributed by atoms with van der Waals surface area (Å²) in [4.78, 5) is 18.1. The number of aryl methyl sites for hydroxylation is 2. The van der Waals surface area contributed by atoms with Crippen LogP contribution in [-0.2, 0) is 6.42 Å². The fraction of sp³-hybridized carbons (Fsp3) is 0.263. The average molecular weight is 368 g/mol. The zero-order valence-electron chi connectivity index (χ0n) is 14.9. The van der Waals surface area contributed by atoms with E-state index in [4.69, 9.17) is 4.74 Å². The molecule has 26 heavy (non-hydrogen) atoms. The van der Waals surface area contributed by atoms with E-state index in [0.29, 0.717) is 23.7 Å². The first-order valence-corrected chi connectivity index (χ1v) is 9.07. The molecule has 0 unspecified atom stereocenters. The number of hydrogen-bond donors (Lipinski definition) is 1. The Morgan fingerprint density at radius 1 is 1.19 bits per heavy atom. The summed E-state index contributed by atoms with van der Waals surface area (Å²) in [5.74, 6) is 0.341. The SMILES string of the molecule is COc1ccc(-c2cccc(C(=O)NCCc3nc(C)c(C)s3)c2)nn1. The third-order valence-corrected chi connectivity index (χ3v) is 5.10. The van der Waals surface area contributed by atoms with Crippen molar-refractivity contribution in [3.05, 3.63) is 57.5 Å². The molecule has 0 saturated carbocycles. The predicted octanol–water partition coefficient (Wildman–Crippen LogP) is 3.20. The van der Waals surface area contributed by atoms with E-state index in [0.717, 1.165) is 22.7 Å². The minimum atomic E-state index is -0.113. The van der Waals surface area contributed by atoms with E-state index >= 15 is 0 Å². The molecule has 1 N–H and O–H groups in total. The quantitative estimate of drug-likeness (QED) is 0.723. The number of ether oxygens (including phenoxy) is 1. The third-order valence-electron chi connectivity index (χ3n) is 3.97. The minimum absolute atomic E-state index is 0.113. The number of nitrogens with zero attached hydrogens (tertiary/aromatic N) is 3. The number of carbonyl (C=O) groups is 1. The maximum absolute atomic E-state index is 12.4. The van der Waals surface area contributed by atoms with Crippen molar-refractivity contribution in [1.29, 1.82) is 0 Å². The van der Waals surface area contributed by atoms with Crippen LogP contribution in [0.5, 0.6) is 5.88 Å². The van der Waals surface area contributed by atoms with Gasteiger partial charge in [0, 0.05) is 35.0 Å². The molecule has 2 aromatic heterocycles. The molecule has 0 aliphatic heterocycles. The van der Waals surface area contributed by atoms with Gasteiger partial charge in [-0.15, -0.1) is 21.5 Å². The van der Waals surface area contributed by atoms with E-state index < -0.39 is 0 Å². The molecule has 3 rings (SSSR count). The standard InChI is InChI=1S/C19H20N4O2S/c1-12-13(2)26-18(21-12)9-10-20-19(24)15-6-4-5-14(11-15)16-7-8-17(25-3)23-22-16/h4-8,11H,9-10H2,1-3H3,(H,20,24). The van der Waals surface area contributed by atoms with Crippen LogP contribution in [0.25, 0.3) is 11.3 Å². The van der Waals surface area contributed by atoms with E-state index in [-0.39, 0.29) is 5.91 Å². The van der Waals surface area contributed by atoms with Crippen molar-refractivity contribution in [2.24, 2.45) is 0 Å². The molecular formula is C19H20N4O2S. The molecule has 6 nitrogen and oxygen atoms in total. The van der Waals surface area contributed by atoms with Crippen molar-refractivity contribution >= 4 is 17.2 Å². The van der Waals surface area contributed by atoms with Crippen molar-refractivity contribution in [1.82, 2.24) is 20.5 Å². The summed E-state index contributed by atoms with van der Waals surface area (Å²) >= 11 is 1.68. The number of methoxy groups -OCH3 is 1. The molecule has 0 saturated heterocycles. The largest absolute Gasteiger partial charge is 0.480 e. The number of aromatic nitrogens is 3. The lowest BCUT2D eigenvalue weighted by molar-refractivity contribution is 0.0954. The summed E-state index contributed by atoms with van der Waals surface area (Å²) in [7, 11) is 1.54. The number of amides is 1. The number of thiazole rings is 1. The summed E-state index contributed by atoms with van der Waals surface area (Å²) in [6.45, 7) is 4.61. The summed E-state index contributed by atoms with van der Waals surface area (Å²) in [6, 6.07) is 10.9. The van der Waals surface area contributed by atoms with Crippen LogP contribution in [0.3, 0.4) is 0 Å². The van der Waals surface area contributed by atoms with Crippen molar-refractivity contribution in [2.45, 2.75) is 20.3 Å². The van der Waals surface area contributed by atoms with E-state index in [1.54, 1.807) is 30.6 Å². The van der Waals surface area contributed by atoms with Crippen LogP contribution in [0.2, 0.25) is 0 Å². The Morgan fingerprint density at radius 3 is 2.69 bits per heavy atom. The maximum Gasteiger partial charge on any atom is 0.251 e. The first-order valence-electron chi connectivity index (χ1n) is 8.26. The van der Waals surface area contributed by atoms with Gasteiger partial charge >= 0.3 is 0 Å². The van der Waals surface area contributed by atoms with Crippen LogP contribution in [0.1, 0.15) is 25.9 Å². The second-order valence-electron chi connectivity index (χ2n) is 5.80. The Kier molecular flexibility index (Phi) is 5.58. The van der Waals surface area contributed by atoms with Gasteiger partial charge in [0.25, 0.3) is 5.91 Å². The van der Waals surface area contributed by atoms with Crippen LogP contribution < -0.4 is 10.1 Å². The second kappa shape index (κ2) is 8.05. The Morgan fingerprint density at radius 2 is 2.04 bits per heavy atom. The Labute approximate surface area is 156 Å².